The molecule has 0 radical (unpaired) electrons. The molecule has 14 heavy (non-hydrogen) atoms. The second-order valence-corrected chi connectivity index (χ2v) is 3.01. The molecule has 1 aromatic rings. The first-order chi connectivity index (χ1) is 6.63. The third kappa shape index (κ3) is 2.71. The smallest absolute Gasteiger partial charge is 0.335 e. The van der Waals surface area contributed by atoms with Crippen LogP contribution in [0.5, 0.6) is 0 Å². The average molecular weight is 211 g/mol. The van der Waals surface area contributed by atoms with Gasteiger partial charge in [0.1, 0.15) is 6.29 Å². The van der Waals surface area contributed by atoms with Crippen LogP contribution < -0.4 is 0 Å². The molecule has 0 spiro atoms. The van der Waals surface area contributed by atoms with E-state index < -0.39 is 5.97 Å². The molecule has 1 N–H and O–H groups in total. The Labute approximate surface area is 85.6 Å². The third-order valence-corrected chi connectivity index (χ3v) is 1.75. The fourth-order valence-electron chi connectivity index (χ4n) is 0.982. The fourth-order valence-corrected chi connectivity index (χ4v) is 1.23. The van der Waals surface area contributed by atoms with Crippen molar-refractivity contribution >= 4 is 29.9 Å². The van der Waals surface area contributed by atoms with Crippen LogP contribution >= 0.6 is 11.6 Å². The number of carboxylic acid groups (broad SMARTS) is 1. The summed E-state index contributed by atoms with van der Waals surface area (Å²) in [6, 6.07) is 4.37. The highest BCUT2D eigenvalue weighted by molar-refractivity contribution is 6.31. The predicted molar refractivity (Wildman–Crippen MR) is 53.5 cm³/mol. The Morgan fingerprint density at radius 3 is 2.64 bits per heavy atom. The van der Waals surface area contributed by atoms with Crippen molar-refractivity contribution in [3.8, 4) is 0 Å². The summed E-state index contributed by atoms with van der Waals surface area (Å²) < 4.78 is 0. The van der Waals surface area contributed by atoms with Crippen LogP contribution in [0.1, 0.15) is 15.9 Å². The van der Waals surface area contributed by atoms with Crippen LogP contribution in [0.25, 0.3) is 6.08 Å². The Hall–Kier alpha value is -1.61. The SMILES string of the molecule is O=CC=Cc1cc(Cl)cc(C(=O)O)c1. The molecule has 0 aromatic heterocycles. The fraction of sp³-hybridized carbons (Fsp3) is 0. The van der Waals surface area contributed by atoms with E-state index in [2.05, 4.69) is 0 Å². The number of hydrogen-bond acceptors (Lipinski definition) is 2. The van der Waals surface area contributed by atoms with Gasteiger partial charge in [0.05, 0.1) is 5.56 Å². The maximum atomic E-state index is 10.6. The first-order valence-corrected chi connectivity index (χ1v) is 4.17. The number of carbonyl (C=O) groups is 2. The van der Waals surface area contributed by atoms with E-state index in [0.29, 0.717) is 16.9 Å². The van der Waals surface area contributed by atoms with Gasteiger partial charge in [0.15, 0.2) is 0 Å². The Morgan fingerprint density at radius 2 is 2.07 bits per heavy atom. The molecular formula is C10H7ClO3. The molecule has 0 aliphatic rings. The number of allylic oxidation sites excluding steroid dienone is 1. The van der Waals surface area contributed by atoms with Gasteiger partial charge in [0, 0.05) is 5.02 Å². The summed E-state index contributed by atoms with van der Waals surface area (Å²) in [5.74, 6) is -1.05. The zero-order valence-corrected chi connectivity index (χ0v) is 7.86. The summed E-state index contributed by atoms with van der Waals surface area (Å²) in [7, 11) is 0. The number of rotatable bonds is 3. The molecule has 0 unspecified atom stereocenters. The average Bonchev–Trinajstić information content (AvgIpc) is 2.14. The van der Waals surface area contributed by atoms with Crippen molar-refractivity contribution in [1.29, 1.82) is 0 Å². The number of carbonyl (C=O) groups excluding carboxylic acids is 1. The lowest BCUT2D eigenvalue weighted by atomic mass is 10.1. The van der Waals surface area contributed by atoms with E-state index in [1.807, 2.05) is 0 Å². The minimum atomic E-state index is -1.05. The normalized spacial score (nSPS) is 10.4. The van der Waals surface area contributed by atoms with E-state index in [0.717, 1.165) is 0 Å². The van der Waals surface area contributed by atoms with E-state index in [4.69, 9.17) is 16.7 Å². The molecule has 72 valence electrons. The number of aromatic carboxylic acids is 1. The lowest BCUT2D eigenvalue weighted by Gasteiger charge is -1.98. The molecule has 0 atom stereocenters. The molecule has 3 nitrogen and oxygen atoms in total. The number of hydrogen-bond donors (Lipinski definition) is 1. The van der Waals surface area contributed by atoms with Crippen LogP contribution in [0.3, 0.4) is 0 Å². The zero-order valence-electron chi connectivity index (χ0n) is 7.11. The van der Waals surface area contributed by atoms with Crippen molar-refractivity contribution < 1.29 is 14.7 Å². The van der Waals surface area contributed by atoms with E-state index in [1.165, 1.54) is 24.3 Å². The summed E-state index contributed by atoms with van der Waals surface area (Å²) in [4.78, 5) is 20.7. The maximum absolute atomic E-state index is 10.6. The summed E-state index contributed by atoms with van der Waals surface area (Å²) in [5.41, 5.74) is 0.685. The van der Waals surface area contributed by atoms with Crippen molar-refractivity contribution in [2.45, 2.75) is 0 Å². The Morgan fingerprint density at radius 1 is 1.36 bits per heavy atom. The molecule has 0 saturated heterocycles. The second kappa shape index (κ2) is 4.58. The van der Waals surface area contributed by atoms with Gasteiger partial charge in [-0.3, -0.25) is 4.79 Å². The second-order valence-electron chi connectivity index (χ2n) is 2.57. The highest BCUT2D eigenvalue weighted by atomic mass is 35.5. The molecule has 1 rings (SSSR count). The zero-order chi connectivity index (χ0) is 10.6. The first kappa shape index (κ1) is 10.5. The van der Waals surface area contributed by atoms with Gasteiger partial charge in [-0.25, -0.2) is 4.79 Å². The Bertz CT molecular complexity index is 396. The number of aldehydes is 1. The van der Waals surface area contributed by atoms with Gasteiger partial charge in [-0.15, -0.1) is 0 Å². The van der Waals surface area contributed by atoms with Gasteiger partial charge >= 0.3 is 5.97 Å². The van der Waals surface area contributed by atoms with E-state index in [1.54, 1.807) is 6.07 Å². The van der Waals surface area contributed by atoms with E-state index in [-0.39, 0.29) is 5.56 Å². The van der Waals surface area contributed by atoms with Crippen LogP contribution in [-0.2, 0) is 4.79 Å². The Balaban J connectivity index is 3.13. The van der Waals surface area contributed by atoms with Gasteiger partial charge in [-0.05, 0) is 29.8 Å². The van der Waals surface area contributed by atoms with Crippen LogP contribution in [0.15, 0.2) is 24.3 Å². The molecule has 1 aromatic carbocycles. The molecule has 0 saturated carbocycles. The lowest BCUT2D eigenvalue weighted by molar-refractivity contribution is -0.104. The Kier molecular flexibility index (Phi) is 3.42. The monoisotopic (exact) mass is 210 g/mol. The standard InChI is InChI=1S/C10H7ClO3/c11-9-5-7(2-1-3-12)4-8(6-9)10(13)14/h1-6H,(H,13,14). The minimum Gasteiger partial charge on any atom is -0.478 e. The molecule has 0 aliphatic heterocycles. The van der Waals surface area contributed by atoms with Crippen molar-refractivity contribution in [1.82, 2.24) is 0 Å². The quantitative estimate of drug-likeness (QED) is 0.615. The number of halogens is 1. The van der Waals surface area contributed by atoms with Crippen LogP contribution in [0.2, 0.25) is 5.02 Å². The summed E-state index contributed by atoms with van der Waals surface area (Å²) in [6.45, 7) is 0. The highest BCUT2D eigenvalue weighted by Crippen LogP contribution is 2.16. The third-order valence-electron chi connectivity index (χ3n) is 1.53. The lowest BCUT2D eigenvalue weighted by Crippen LogP contribution is -1.96. The molecule has 0 bridgehead atoms. The largest absolute Gasteiger partial charge is 0.478 e. The van der Waals surface area contributed by atoms with Gasteiger partial charge < -0.3 is 5.11 Å². The van der Waals surface area contributed by atoms with Gasteiger partial charge in [0.2, 0.25) is 0 Å². The molecule has 4 heteroatoms. The maximum Gasteiger partial charge on any atom is 0.335 e. The van der Waals surface area contributed by atoms with Crippen LogP contribution in [-0.4, -0.2) is 17.4 Å². The summed E-state index contributed by atoms with van der Waals surface area (Å²) in [6.07, 6.45) is 3.38. The van der Waals surface area contributed by atoms with Crippen molar-refractivity contribution in [2.24, 2.45) is 0 Å². The van der Waals surface area contributed by atoms with Gasteiger partial charge in [-0.2, -0.15) is 0 Å². The highest BCUT2D eigenvalue weighted by Gasteiger charge is 2.04. The molecule has 0 amide bonds. The minimum absolute atomic E-state index is 0.100. The van der Waals surface area contributed by atoms with E-state index >= 15 is 0 Å². The molecular weight excluding hydrogens is 204 g/mol. The van der Waals surface area contributed by atoms with Crippen LogP contribution in [0, 0.1) is 0 Å². The summed E-state index contributed by atoms with van der Waals surface area (Å²) in [5, 5.41) is 9.04. The summed E-state index contributed by atoms with van der Waals surface area (Å²) >= 11 is 5.69. The predicted octanol–water partition coefficient (Wildman–Crippen LogP) is 2.25. The van der Waals surface area contributed by atoms with Crippen LogP contribution in [0.4, 0.5) is 0 Å². The van der Waals surface area contributed by atoms with Gasteiger partial charge in [0.25, 0.3) is 0 Å². The van der Waals surface area contributed by atoms with Crippen molar-refractivity contribution in [2.75, 3.05) is 0 Å². The number of benzene rings is 1. The molecule has 0 aliphatic carbocycles. The number of carboxylic acids is 1. The van der Waals surface area contributed by atoms with Crippen molar-refractivity contribution in [3.05, 3.63) is 40.4 Å². The topological polar surface area (TPSA) is 54.4 Å². The molecule has 0 fully saturated rings. The van der Waals surface area contributed by atoms with E-state index in [9.17, 15) is 9.59 Å². The first-order valence-electron chi connectivity index (χ1n) is 3.79. The molecule has 0 heterocycles. The van der Waals surface area contributed by atoms with Gasteiger partial charge in [-0.1, -0.05) is 17.7 Å². The van der Waals surface area contributed by atoms with Crippen molar-refractivity contribution in [3.63, 3.8) is 0 Å².